The number of benzene rings is 2. The molecule has 0 radical (unpaired) electrons. The predicted octanol–water partition coefficient (Wildman–Crippen LogP) is 6.58. The van der Waals surface area contributed by atoms with Crippen molar-refractivity contribution in [2.75, 3.05) is 7.11 Å². The maximum absolute atomic E-state index is 11.8. The van der Waals surface area contributed by atoms with Crippen LogP contribution in [-0.2, 0) is 28.4 Å². The van der Waals surface area contributed by atoms with E-state index in [1.807, 2.05) is 24.3 Å². The smallest absolute Gasteiger partial charge is 0.337 e. The fourth-order valence-corrected chi connectivity index (χ4v) is 5.47. The maximum Gasteiger partial charge on any atom is 0.337 e. The monoisotopic (exact) mass is 413 g/mol. The Morgan fingerprint density at radius 2 is 1.55 bits per heavy atom. The lowest BCUT2D eigenvalue weighted by atomic mass is 9.62. The predicted molar refractivity (Wildman–Crippen MR) is 126 cm³/mol. The molecule has 0 bridgehead atoms. The lowest BCUT2D eigenvalue weighted by Gasteiger charge is -2.42. The highest BCUT2D eigenvalue weighted by molar-refractivity contribution is 5.90. The van der Waals surface area contributed by atoms with Crippen molar-refractivity contribution < 1.29 is 9.53 Å². The molecule has 160 valence electrons. The van der Waals surface area contributed by atoms with Crippen LogP contribution in [0.3, 0.4) is 0 Å². The fourth-order valence-electron chi connectivity index (χ4n) is 5.47. The van der Waals surface area contributed by atoms with Crippen LogP contribution in [0.5, 0.6) is 0 Å². The lowest BCUT2D eigenvalue weighted by molar-refractivity contribution is 0.0601. The number of rotatable bonds is 2. The van der Waals surface area contributed by atoms with E-state index in [0.717, 1.165) is 18.4 Å². The Balaban J connectivity index is 1.60. The third-order valence-electron chi connectivity index (χ3n) is 7.60. The zero-order valence-electron chi connectivity index (χ0n) is 19.2. The second-order valence-electron chi connectivity index (χ2n) is 10.4. The van der Waals surface area contributed by atoms with Gasteiger partial charge in [-0.2, -0.15) is 0 Å². The number of aromatic amines is 1. The van der Waals surface area contributed by atoms with E-state index in [2.05, 4.69) is 51.0 Å². The number of carbonyl (C=O) groups excluding carboxylic acids is 1. The number of aryl methyl sites for hydroxylation is 1. The summed E-state index contributed by atoms with van der Waals surface area (Å²) in [6.45, 7) is 9.57. The molecule has 2 aliphatic carbocycles. The zero-order valence-corrected chi connectivity index (χ0v) is 19.2. The van der Waals surface area contributed by atoms with Gasteiger partial charge in [-0.05, 0) is 82.5 Å². The topological polar surface area (TPSA) is 42.1 Å². The molecule has 0 spiro atoms. The average Bonchev–Trinajstić information content (AvgIpc) is 3.20. The molecule has 1 N–H and O–H groups in total. The van der Waals surface area contributed by atoms with Gasteiger partial charge in [0.25, 0.3) is 0 Å². The molecule has 3 heteroatoms. The number of H-pyrrole nitrogens is 1. The van der Waals surface area contributed by atoms with E-state index >= 15 is 0 Å². The summed E-state index contributed by atoms with van der Waals surface area (Å²) in [5.41, 5.74) is 11.9. The maximum atomic E-state index is 11.8. The molecule has 1 aromatic heterocycles. The average molecular weight is 414 g/mol. The normalized spacial score (nSPS) is 18.0. The number of ether oxygens (including phenoxy) is 1. The van der Waals surface area contributed by atoms with E-state index in [4.69, 9.17) is 4.74 Å². The van der Waals surface area contributed by atoms with Crippen molar-refractivity contribution in [1.29, 1.82) is 0 Å². The van der Waals surface area contributed by atoms with Gasteiger partial charge in [-0.25, -0.2) is 4.79 Å². The van der Waals surface area contributed by atoms with Crippen molar-refractivity contribution in [3.63, 3.8) is 0 Å². The van der Waals surface area contributed by atoms with Gasteiger partial charge in [0, 0.05) is 23.0 Å². The molecule has 31 heavy (non-hydrogen) atoms. The van der Waals surface area contributed by atoms with Gasteiger partial charge in [0.2, 0.25) is 0 Å². The van der Waals surface area contributed by atoms with Crippen molar-refractivity contribution >= 4 is 5.97 Å². The number of fused-ring (bicyclic) bond motifs is 4. The van der Waals surface area contributed by atoms with E-state index in [-0.39, 0.29) is 16.8 Å². The van der Waals surface area contributed by atoms with Crippen LogP contribution in [-0.4, -0.2) is 18.1 Å². The first-order valence-electron chi connectivity index (χ1n) is 11.3. The highest BCUT2D eigenvalue weighted by atomic mass is 16.5. The summed E-state index contributed by atoms with van der Waals surface area (Å²) in [4.78, 5) is 15.4. The van der Waals surface area contributed by atoms with Crippen LogP contribution in [0.1, 0.15) is 73.1 Å². The van der Waals surface area contributed by atoms with E-state index in [1.54, 1.807) is 0 Å². The standard InChI is InChI=1S/C28H31NO2/c1-27(2)12-13-28(3,4)24-15-21-19(14-23(24)27)10-11-20-22(16-29-25(20)21)17-6-8-18(9-7-17)26(30)31-5/h6-9,14-16,29H,10-13H2,1-5H3. The molecule has 0 fully saturated rings. The second-order valence-corrected chi connectivity index (χ2v) is 10.4. The van der Waals surface area contributed by atoms with Gasteiger partial charge < -0.3 is 9.72 Å². The molecule has 1 heterocycles. The molecular formula is C28H31NO2. The van der Waals surface area contributed by atoms with E-state index in [0.29, 0.717) is 5.56 Å². The first-order valence-corrected chi connectivity index (χ1v) is 11.3. The Kier molecular flexibility index (Phi) is 4.44. The van der Waals surface area contributed by atoms with Gasteiger partial charge in [0.15, 0.2) is 0 Å². The van der Waals surface area contributed by atoms with Crippen LogP contribution in [0.4, 0.5) is 0 Å². The number of hydrogen-bond acceptors (Lipinski definition) is 2. The Morgan fingerprint density at radius 3 is 2.19 bits per heavy atom. The Bertz CT molecular complexity index is 1180. The summed E-state index contributed by atoms with van der Waals surface area (Å²) in [5.74, 6) is -0.299. The van der Waals surface area contributed by atoms with Gasteiger partial charge in [-0.1, -0.05) is 45.9 Å². The highest BCUT2D eigenvalue weighted by Gasteiger charge is 2.38. The molecule has 0 atom stereocenters. The third-order valence-corrected chi connectivity index (χ3v) is 7.60. The molecule has 0 aliphatic heterocycles. The minimum absolute atomic E-state index is 0.205. The Labute approximate surface area is 184 Å². The van der Waals surface area contributed by atoms with Crippen molar-refractivity contribution in [1.82, 2.24) is 4.98 Å². The largest absolute Gasteiger partial charge is 0.465 e. The second kappa shape index (κ2) is 6.85. The summed E-state index contributed by atoms with van der Waals surface area (Å²) in [7, 11) is 1.41. The molecule has 0 unspecified atom stereocenters. The van der Waals surface area contributed by atoms with Crippen LogP contribution in [0.2, 0.25) is 0 Å². The molecule has 0 amide bonds. The van der Waals surface area contributed by atoms with Crippen molar-refractivity contribution in [2.24, 2.45) is 0 Å². The molecule has 0 saturated heterocycles. The summed E-state index contributed by atoms with van der Waals surface area (Å²) in [6, 6.07) is 12.7. The van der Waals surface area contributed by atoms with E-state index < -0.39 is 0 Å². The minimum atomic E-state index is -0.299. The van der Waals surface area contributed by atoms with Crippen LogP contribution in [0.25, 0.3) is 22.4 Å². The highest BCUT2D eigenvalue weighted by Crippen LogP contribution is 2.49. The number of carbonyl (C=O) groups is 1. The molecule has 3 aromatic rings. The van der Waals surface area contributed by atoms with Gasteiger partial charge in [-0.3, -0.25) is 0 Å². The molecule has 2 aromatic carbocycles. The number of esters is 1. The van der Waals surface area contributed by atoms with Gasteiger partial charge in [0.05, 0.1) is 12.7 Å². The molecular weight excluding hydrogens is 382 g/mol. The summed E-state index contributed by atoms with van der Waals surface area (Å²) < 4.78 is 4.83. The molecule has 3 nitrogen and oxygen atoms in total. The fraction of sp³-hybridized carbons (Fsp3) is 0.393. The Hall–Kier alpha value is -2.81. The number of aromatic nitrogens is 1. The van der Waals surface area contributed by atoms with Gasteiger partial charge in [-0.15, -0.1) is 0 Å². The Morgan fingerprint density at radius 1 is 0.903 bits per heavy atom. The number of hydrogen-bond donors (Lipinski definition) is 1. The van der Waals surface area contributed by atoms with Crippen LogP contribution >= 0.6 is 0 Å². The minimum Gasteiger partial charge on any atom is -0.465 e. The molecule has 5 rings (SSSR count). The van der Waals surface area contributed by atoms with Gasteiger partial charge >= 0.3 is 5.97 Å². The summed E-state index contributed by atoms with van der Waals surface area (Å²) >= 11 is 0. The van der Waals surface area contributed by atoms with Crippen LogP contribution < -0.4 is 0 Å². The lowest BCUT2D eigenvalue weighted by Crippen LogP contribution is -2.34. The SMILES string of the molecule is COC(=O)c1ccc(-c2c[nH]c3c2CCc2cc4c(cc2-3)C(C)(C)CCC4(C)C)cc1. The van der Waals surface area contributed by atoms with Gasteiger partial charge in [0.1, 0.15) is 0 Å². The van der Waals surface area contributed by atoms with Crippen molar-refractivity contribution in [3.05, 3.63) is 70.4 Å². The van der Waals surface area contributed by atoms with E-state index in [1.165, 1.54) is 59.0 Å². The molecule has 2 aliphatic rings. The van der Waals surface area contributed by atoms with Crippen molar-refractivity contribution in [2.45, 2.75) is 64.2 Å². The summed E-state index contributed by atoms with van der Waals surface area (Å²) in [5, 5.41) is 0. The number of methoxy groups -OCH3 is 1. The van der Waals surface area contributed by atoms with Crippen LogP contribution in [0, 0.1) is 0 Å². The quantitative estimate of drug-likeness (QED) is 0.482. The number of nitrogens with one attached hydrogen (secondary N) is 1. The summed E-state index contributed by atoms with van der Waals surface area (Å²) in [6.07, 6.45) is 6.69. The van der Waals surface area contributed by atoms with E-state index in [9.17, 15) is 4.79 Å². The zero-order chi connectivity index (χ0) is 22.0. The first kappa shape index (κ1) is 20.1. The first-order chi connectivity index (χ1) is 14.7. The third kappa shape index (κ3) is 3.13. The van der Waals surface area contributed by atoms with Crippen LogP contribution in [0.15, 0.2) is 42.6 Å². The molecule has 0 saturated carbocycles. The van der Waals surface area contributed by atoms with Crippen molar-refractivity contribution in [3.8, 4) is 22.4 Å².